The SMILES string of the molecule is CC(=O)O[C@@H]1OCC[C@@H]1NC(=O)[C@H](Cc1ccccc1)NC(=O)CCCN(C=O)OCc1ccccc1. The number of nitrogens with one attached hydrogen (secondary N) is 2. The molecule has 3 atom stereocenters. The summed E-state index contributed by atoms with van der Waals surface area (Å²) >= 11 is 0. The molecule has 1 fully saturated rings. The molecule has 3 amide bonds. The standard InChI is InChI=1S/C27H33N3O7/c1-20(32)37-27-23(14-16-35-27)29-26(34)24(17-21-9-4-2-5-10-21)28-25(33)13-8-15-30(19-31)36-18-22-11-6-3-7-12-22/h2-7,9-12,19,23-24,27H,8,13-18H2,1H3,(H,28,33)(H,29,34)/t23-,24-,27-/m0/s1. The Hall–Kier alpha value is -3.76. The van der Waals surface area contributed by atoms with Crippen LogP contribution in [0.3, 0.4) is 0 Å². The number of esters is 1. The number of benzene rings is 2. The zero-order valence-electron chi connectivity index (χ0n) is 20.8. The van der Waals surface area contributed by atoms with Crippen LogP contribution in [0, 0.1) is 0 Å². The number of nitrogens with zero attached hydrogens (tertiary/aromatic N) is 1. The van der Waals surface area contributed by atoms with Crippen molar-refractivity contribution in [2.45, 2.75) is 57.6 Å². The topological polar surface area (TPSA) is 123 Å². The summed E-state index contributed by atoms with van der Waals surface area (Å²) < 4.78 is 10.5. The average Bonchev–Trinajstić information content (AvgIpc) is 3.32. The molecule has 37 heavy (non-hydrogen) atoms. The molecule has 198 valence electrons. The van der Waals surface area contributed by atoms with E-state index in [-0.39, 0.29) is 31.9 Å². The third-order valence-corrected chi connectivity index (χ3v) is 5.72. The molecule has 2 N–H and O–H groups in total. The van der Waals surface area contributed by atoms with Gasteiger partial charge in [0, 0.05) is 26.3 Å². The highest BCUT2D eigenvalue weighted by atomic mass is 16.7. The maximum absolute atomic E-state index is 13.1. The van der Waals surface area contributed by atoms with Crippen molar-refractivity contribution < 1.29 is 33.5 Å². The minimum Gasteiger partial charge on any atom is -0.434 e. The van der Waals surface area contributed by atoms with Gasteiger partial charge in [-0.1, -0.05) is 60.7 Å². The molecule has 1 saturated heterocycles. The minimum absolute atomic E-state index is 0.0974. The first-order chi connectivity index (χ1) is 17.9. The van der Waals surface area contributed by atoms with Crippen molar-refractivity contribution in [2.75, 3.05) is 13.2 Å². The first-order valence-corrected chi connectivity index (χ1v) is 12.3. The van der Waals surface area contributed by atoms with E-state index in [0.717, 1.165) is 16.2 Å². The van der Waals surface area contributed by atoms with Crippen molar-refractivity contribution in [3.05, 3.63) is 71.8 Å². The maximum atomic E-state index is 13.1. The number of carbonyl (C=O) groups is 4. The van der Waals surface area contributed by atoms with Crippen LogP contribution in [0.5, 0.6) is 0 Å². The highest BCUT2D eigenvalue weighted by Gasteiger charge is 2.34. The van der Waals surface area contributed by atoms with Gasteiger partial charge in [-0.25, -0.2) is 5.06 Å². The molecular weight excluding hydrogens is 478 g/mol. The van der Waals surface area contributed by atoms with E-state index in [9.17, 15) is 19.2 Å². The summed E-state index contributed by atoms with van der Waals surface area (Å²) in [5.41, 5.74) is 1.80. The van der Waals surface area contributed by atoms with E-state index >= 15 is 0 Å². The summed E-state index contributed by atoms with van der Waals surface area (Å²) in [7, 11) is 0. The fraction of sp³-hybridized carbons (Fsp3) is 0.407. The molecule has 0 bridgehead atoms. The molecular formula is C27H33N3O7. The van der Waals surface area contributed by atoms with Crippen LogP contribution in [0.15, 0.2) is 60.7 Å². The Balaban J connectivity index is 1.52. The summed E-state index contributed by atoms with van der Waals surface area (Å²) in [5.74, 6) is -1.23. The Labute approximate surface area is 216 Å². The molecule has 0 aromatic heterocycles. The molecule has 10 nitrogen and oxygen atoms in total. The smallest absolute Gasteiger partial charge is 0.305 e. The van der Waals surface area contributed by atoms with Crippen LogP contribution >= 0.6 is 0 Å². The van der Waals surface area contributed by atoms with Gasteiger partial charge >= 0.3 is 5.97 Å². The molecule has 2 aromatic carbocycles. The van der Waals surface area contributed by atoms with Gasteiger partial charge in [0.25, 0.3) is 0 Å². The lowest BCUT2D eigenvalue weighted by Gasteiger charge is -2.24. The van der Waals surface area contributed by atoms with E-state index in [1.165, 1.54) is 6.92 Å². The van der Waals surface area contributed by atoms with Gasteiger partial charge in [0.2, 0.25) is 24.5 Å². The van der Waals surface area contributed by atoms with Crippen LogP contribution in [-0.2, 0) is 46.5 Å². The molecule has 0 aliphatic carbocycles. The lowest BCUT2D eigenvalue weighted by molar-refractivity contribution is -0.177. The largest absolute Gasteiger partial charge is 0.434 e. The highest BCUT2D eigenvalue weighted by Crippen LogP contribution is 2.16. The number of hydroxylamine groups is 2. The van der Waals surface area contributed by atoms with Crippen LogP contribution in [0.1, 0.15) is 37.3 Å². The maximum Gasteiger partial charge on any atom is 0.305 e. The lowest BCUT2D eigenvalue weighted by Crippen LogP contribution is -2.52. The van der Waals surface area contributed by atoms with Crippen LogP contribution in [0.4, 0.5) is 0 Å². The molecule has 1 aliphatic rings. The third kappa shape index (κ3) is 9.66. The fourth-order valence-electron chi connectivity index (χ4n) is 3.87. The van der Waals surface area contributed by atoms with Crippen LogP contribution in [0.2, 0.25) is 0 Å². The van der Waals surface area contributed by atoms with E-state index in [2.05, 4.69) is 10.6 Å². The Morgan fingerprint density at radius 1 is 1.08 bits per heavy atom. The minimum atomic E-state index is -0.861. The molecule has 0 radical (unpaired) electrons. The van der Waals surface area contributed by atoms with Gasteiger partial charge in [-0.05, 0) is 24.0 Å². The Morgan fingerprint density at radius 3 is 2.41 bits per heavy atom. The Kier molecular flexibility index (Phi) is 11.1. The van der Waals surface area contributed by atoms with E-state index in [0.29, 0.717) is 25.9 Å². The van der Waals surface area contributed by atoms with E-state index in [4.69, 9.17) is 14.3 Å². The van der Waals surface area contributed by atoms with Gasteiger partial charge in [0.15, 0.2) is 0 Å². The van der Waals surface area contributed by atoms with Crippen molar-refractivity contribution in [2.24, 2.45) is 0 Å². The van der Waals surface area contributed by atoms with Crippen molar-refractivity contribution in [1.29, 1.82) is 0 Å². The molecule has 0 saturated carbocycles. The molecule has 0 unspecified atom stereocenters. The average molecular weight is 512 g/mol. The van der Waals surface area contributed by atoms with Crippen LogP contribution < -0.4 is 10.6 Å². The summed E-state index contributed by atoms with van der Waals surface area (Å²) in [6, 6.07) is 17.4. The molecule has 1 aliphatic heterocycles. The molecule has 10 heteroatoms. The van der Waals surface area contributed by atoms with Crippen molar-refractivity contribution in [1.82, 2.24) is 15.7 Å². The normalized spacial score (nSPS) is 17.4. The van der Waals surface area contributed by atoms with Gasteiger partial charge in [-0.3, -0.25) is 24.0 Å². The number of amides is 3. The first-order valence-electron chi connectivity index (χ1n) is 12.3. The predicted molar refractivity (Wildman–Crippen MR) is 133 cm³/mol. The van der Waals surface area contributed by atoms with Gasteiger partial charge in [0.05, 0.1) is 12.6 Å². The van der Waals surface area contributed by atoms with E-state index in [1.807, 2.05) is 60.7 Å². The Morgan fingerprint density at radius 2 is 1.76 bits per heavy atom. The highest BCUT2D eigenvalue weighted by molar-refractivity contribution is 5.88. The van der Waals surface area contributed by atoms with Gasteiger partial charge < -0.3 is 20.1 Å². The fourth-order valence-corrected chi connectivity index (χ4v) is 3.87. The Bertz CT molecular complexity index is 1020. The number of hydrogen-bond acceptors (Lipinski definition) is 7. The van der Waals surface area contributed by atoms with Gasteiger partial charge in [-0.2, -0.15) is 0 Å². The van der Waals surface area contributed by atoms with Crippen LogP contribution in [0.25, 0.3) is 0 Å². The number of hydrogen-bond donors (Lipinski definition) is 2. The lowest BCUT2D eigenvalue weighted by atomic mass is 10.0. The first kappa shape index (κ1) is 27.8. The van der Waals surface area contributed by atoms with E-state index < -0.39 is 30.3 Å². The zero-order chi connectivity index (χ0) is 26.5. The molecule has 0 spiro atoms. The van der Waals surface area contributed by atoms with Crippen LogP contribution in [-0.4, -0.2) is 60.8 Å². The molecule has 2 aromatic rings. The van der Waals surface area contributed by atoms with Gasteiger partial charge in [0.1, 0.15) is 12.6 Å². The monoisotopic (exact) mass is 511 g/mol. The summed E-state index contributed by atoms with van der Waals surface area (Å²) in [5, 5.41) is 6.80. The number of rotatable bonds is 14. The van der Waals surface area contributed by atoms with Crippen molar-refractivity contribution >= 4 is 24.2 Å². The second kappa shape index (κ2) is 14.7. The van der Waals surface area contributed by atoms with Gasteiger partial charge in [-0.15, -0.1) is 0 Å². The second-order valence-corrected chi connectivity index (χ2v) is 8.67. The van der Waals surface area contributed by atoms with E-state index in [1.54, 1.807) is 0 Å². The summed E-state index contributed by atoms with van der Waals surface area (Å²) in [4.78, 5) is 54.0. The summed E-state index contributed by atoms with van der Waals surface area (Å²) in [6.07, 6.45) is 0.935. The van der Waals surface area contributed by atoms with Crippen molar-refractivity contribution in [3.8, 4) is 0 Å². The quantitative estimate of drug-likeness (QED) is 0.226. The van der Waals surface area contributed by atoms with Crippen molar-refractivity contribution in [3.63, 3.8) is 0 Å². The number of carbonyl (C=O) groups excluding carboxylic acids is 4. The molecule has 3 rings (SSSR count). The second-order valence-electron chi connectivity index (χ2n) is 8.67. The molecule has 1 heterocycles. The number of ether oxygens (including phenoxy) is 2. The summed E-state index contributed by atoms with van der Waals surface area (Å²) in [6.45, 7) is 2.09. The predicted octanol–water partition coefficient (Wildman–Crippen LogP) is 1.88. The third-order valence-electron chi connectivity index (χ3n) is 5.72. The zero-order valence-corrected chi connectivity index (χ0v) is 20.8.